The minimum absolute atomic E-state index is 0.166. The fourth-order valence-corrected chi connectivity index (χ4v) is 3.61. The number of fused-ring (bicyclic) bond motifs is 1. The van der Waals surface area contributed by atoms with Crippen LogP contribution >= 0.6 is 0 Å². The summed E-state index contributed by atoms with van der Waals surface area (Å²) in [5, 5.41) is 12.9. The molecular weight excluding hydrogens is 332 g/mol. The number of hydrogen-bond donors (Lipinski definition) is 1. The Labute approximate surface area is 158 Å². The average molecular weight is 352 g/mol. The first-order chi connectivity index (χ1) is 13.1. The van der Waals surface area contributed by atoms with E-state index in [9.17, 15) is 5.11 Å². The van der Waals surface area contributed by atoms with E-state index in [1.165, 1.54) is 0 Å². The lowest BCUT2D eigenvalue weighted by Gasteiger charge is -2.29. The van der Waals surface area contributed by atoms with E-state index >= 15 is 0 Å². The van der Waals surface area contributed by atoms with Crippen LogP contribution in [0.1, 0.15) is 23.4 Å². The Balaban J connectivity index is 2.06. The zero-order valence-corrected chi connectivity index (χ0v) is 15.1. The van der Waals surface area contributed by atoms with Crippen molar-refractivity contribution < 1.29 is 5.11 Å². The Hall–Kier alpha value is -3.35. The monoisotopic (exact) mass is 352 g/mol. The highest BCUT2D eigenvalue weighted by Crippen LogP contribution is 2.38. The van der Waals surface area contributed by atoms with E-state index in [-0.39, 0.29) is 6.42 Å². The predicted octanol–water partition coefficient (Wildman–Crippen LogP) is 4.59. The van der Waals surface area contributed by atoms with Gasteiger partial charge in [0.2, 0.25) is 0 Å². The minimum Gasteiger partial charge on any atom is -0.378 e. The van der Waals surface area contributed by atoms with Crippen LogP contribution in [-0.2, 0) is 5.60 Å². The molecule has 2 aromatic heterocycles. The third-order valence-electron chi connectivity index (χ3n) is 4.88. The second kappa shape index (κ2) is 6.75. The molecule has 2 aromatic carbocycles. The molecule has 0 spiro atoms. The molecule has 0 saturated heterocycles. The van der Waals surface area contributed by atoms with Crippen LogP contribution in [0.25, 0.3) is 16.6 Å². The van der Waals surface area contributed by atoms with Gasteiger partial charge in [0.05, 0.1) is 11.2 Å². The molecule has 0 aliphatic carbocycles. The third-order valence-corrected chi connectivity index (χ3v) is 4.88. The molecule has 1 unspecified atom stereocenters. The van der Waals surface area contributed by atoms with Gasteiger partial charge in [-0.15, -0.1) is 12.3 Å². The molecule has 2 heterocycles. The molecule has 0 aliphatic heterocycles. The second-order valence-electron chi connectivity index (χ2n) is 6.69. The number of aromatic nitrogens is 2. The number of hydrogen-bond acceptors (Lipinski definition) is 2. The fourth-order valence-electron chi connectivity index (χ4n) is 3.61. The van der Waals surface area contributed by atoms with E-state index < -0.39 is 5.60 Å². The molecule has 0 amide bonds. The van der Waals surface area contributed by atoms with E-state index in [1.54, 1.807) is 6.20 Å². The molecule has 0 bridgehead atoms. The topological polar surface area (TPSA) is 38.1 Å². The minimum atomic E-state index is -1.32. The van der Waals surface area contributed by atoms with Crippen LogP contribution in [0.3, 0.4) is 0 Å². The Morgan fingerprint density at radius 1 is 1.04 bits per heavy atom. The smallest absolute Gasteiger partial charge is 0.141 e. The maximum Gasteiger partial charge on any atom is 0.141 e. The number of pyridine rings is 1. The molecular formula is C24H20N2O. The lowest BCUT2D eigenvalue weighted by Crippen LogP contribution is -2.29. The van der Waals surface area contributed by atoms with Crippen molar-refractivity contribution in [2.45, 2.75) is 18.9 Å². The van der Waals surface area contributed by atoms with Crippen molar-refractivity contribution in [3.63, 3.8) is 0 Å². The molecule has 27 heavy (non-hydrogen) atoms. The second-order valence-corrected chi connectivity index (χ2v) is 6.69. The molecule has 1 atom stereocenters. The van der Waals surface area contributed by atoms with Crippen LogP contribution in [0.5, 0.6) is 0 Å². The molecule has 4 rings (SSSR count). The Bertz CT molecular complexity index is 1140. The number of rotatable bonds is 4. The first-order valence-electron chi connectivity index (χ1n) is 8.89. The standard InChI is InChI=1S/C24H20N2O/c1-3-14-24(27,20-13-15-25-18(2)16-20)23-17-19-9-7-8-12-22(19)26(23)21-10-5-4-6-11-21/h1,4-13,15-17,27H,14H2,2H3. The first-order valence-corrected chi connectivity index (χ1v) is 8.89. The summed E-state index contributed by atoms with van der Waals surface area (Å²) in [6, 6.07) is 23.9. The summed E-state index contributed by atoms with van der Waals surface area (Å²) >= 11 is 0. The highest BCUT2D eigenvalue weighted by Gasteiger charge is 2.35. The van der Waals surface area contributed by atoms with Crippen LogP contribution in [-0.4, -0.2) is 14.7 Å². The third kappa shape index (κ3) is 2.91. The zero-order chi connectivity index (χ0) is 18.9. The van der Waals surface area contributed by atoms with Crippen molar-refractivity contribution in [2.24, 2.45) is 0 Å². The summed E-state index contributed by atoms with van der Waals surface area (Å²) in [6.45, 7) is 1.91. The van der Waals surface area contributed by atoms with Gasteiger partial charge in [-0.05, 0) is 48.9 Å². The summed E-state index contributed by atoms with van der Waals surface area (Å²) in [7, 11) is 0. The Kier molecular flexibility index (Phi) is 4.27. The number of para-hydroxylation sites is 2. The largest absolute Gasteiger partial charge is 0.378 e. The summed E-state index contributed by atoms with van der Waals surface area (Å²) < 4.78 is 2.09. The van der Waals surface area contributed by atoms with Crippen molar-refractivity contribution in [1.29, 1.82) is 0 Å². The van der Waals surface area contributed by atoms with Crippen LogP contribution in [0.4, 0.5) is 0 Å². The summed E-state index contributed by atoms with van der Waals surface area (Å²) in [4.78, 5) is 4.26. The lowest BCUT2D eigenvalue weighted by molar-refractivity contribution is 0.0803. The summed E-state index contributed by atoms with van der Waals surface area (Å²) in [6.07, 6.45) is 7.55. The van der Waals surface area contributed by atoms with Crippen LogP contribution in [0.2, 0.25) is 0 Å². The van der Waals surface area contributed by atoms with E-state index in [4.69, 9.17) is 6.42 Å². The Morgan fingerprint density at radius 3 is 2.52 bits per heavy atom. The number of benzene rings is 2. The van der Waals surface area contributed by atoms with Gasteiger partial charge >= 0.3 is 0 Å². The van der Waals surface area contributed by atoms with Gasteiger partial charge in [-0.2, -0.15) is 0 Å². The van der Waals surface area contributed by atoms with Gasteiger partial charge in [-0.1, -0.05) is 36.4 Å². The highest BCUT2D eigenvalue weighted by atomic mass is 16.3. The van der Waals surface area contributed by atoms with Crippen LogP contribution in [0.15, 0.2) is 79.0 Å². The fraction of sp³-hybridized carbons (Fsp3) is 0.125. The van der Waals surface area contributed by atoms with Crippen LogP contribution in [0, 0.1) is 19.3 Å². The number of aryl methyl sites for hydroxylation is 1. The normalized spacial score (nSPS) is 13.2. The van der Waals surface area contributed by atoms with Gasteiger partial charge < -0.3 is 9.67 Å². The average Bonchev–Trinajstić information content (AvgIpc) is 3.09. The van der Waals surface area contributed by atoms with Crippen molar-refractivity contribution in [1.82, 2.24) is 9.55 Å². The van der Waals surface area contributed by atoms with E-state index in [1.807, 2.05) is 73.7 Å². The molecule has 0 saturated carbocycles. The van der Waals surface area contributed by atoms with Crippen molar-refractivity contribution in [2.75, 3.05) is 0 Å². The summed E-state index contributed by atoms with van der Waals surface area (Å²) in [5.41, 5.74) is 3.02. The first kappa shape index (κ1) is 17.1. The maximum atomic E-state index is 11.8. The van der Waals surface area contributed by atoms with Gasteiger partial charge in [-0.3, -0.25) is 4.98 Å². The van der Waals surface area contributed by atoms with Crippen molar-refractivity contribution in [3.05, 3.63) is 95.9 Å². The molecule has 0 aliphatic rings. The lowest BCUT2D eigenvalue weighted by atomic mass is 9.87. The molecule has 132 valence electrons. The molecule has 0 radical (unpaired) electrons. The maximum absolute atomic E-state index is 11.8. The summed E-state index contributed by atoms with van der Waals surface area (Å²) in [5.74, 6) is 2.66. The molecule has 3 heteroatoms. The van der Waals surface area contributed by atoms with Crippen LogP contribution < -0.4 is 0 Å². The van der Waals surface area contributed by atoms with E-state index in [0.29, 0.717) is 0 Å². The highest BCUT2D eigenvalue weighted by molar-refractivity contribution is 5.84. The van der Waals surface area contributed by atoms with Gasteiger partial charge in [-0.25, -0.2) is 0 Å². The zero-order valence-electron chi connectivity index (χ0n) is 15.1. The van der Waals surface area contributed by atoms with Crippen molar-refractivity contribution >= 4 is 10.9 Å². The van der Waals surface area contributed by atoms with Crippen molar-refractivity contribution in [3.8, 4) is 18.0 Å². The molecule has 0 fully saturated rings. The van der Waals surface area contributed by atoms with Gasteiger partial charge in [0.1, 0.15) is 5.60 Å². The number of nitrogens with zero attached hydrogens (tertiary/aromatic N) is 2. The molecule has 4 aromatic rings. The van der Waals surface area contributed by atoms with Gasteiger partial charge in [0.25, 0.3) is 0 Å². The molecule has 3 nitrogen and oxygen atoms in total. The van der Waals surface area contributed by atoms with Gasteiger partial charge in [0, 0.05) is 29.4 Å². The number of terminal acetylenes is 1. The Morgan fingerprint density at radius 2 is 1.78 bits per heavy atom. The quantitative estimate of drug-likeness (QED) is 0.545. The predicted molar refractivity (Wildman–Crippen MR) is 109 cm³/mol. The molecule has 1 N–H and O–H groups in total. The number of aliphatic hydroxyl groups is 1. The van der Waals surface area contributed by atoms with Gasteiger partial charge in [0.15, 0.2) is 0 Å². The van der Waals surface area contributed by atoms with E-state index in [2.05, 4.69) is 21.5 Å². The SMILES string of the molecule is C#CCC(O)(c1ccnc(C)c1)c1cc2ccccc2n1-c1ccccc1. The van der Waals surface area contributed by atoms with E-state index in [0.717, 1.165) is 33.5 Å².